The van der Waals surface area contributed by atoms with E-state index < -0.39 is 29.7 Å². The summed E-state index contributed by atoms with van der Waals surface area (Å²) in [6.07, 6.45) is -1.19. The van der Waals surface area contributed by atoms with E-state index in [0.717, 1.165) is 12.1 Å². The predicted molar refractivity (Wildman–Crippen MR) is 83.9 cm³/mol. The average Bonchev–Trinajstić information content (AvgIpc) is 2.56. The summed E-state index contributed by atoms with van der Waals surface area (Å²) < 4.78 is 42.1. The van der Waals surface area contributed by atoms with Gasteiger partial charge in [-0.1, -0.05) is 32.4 Å². The minimum absolute atomic E-state index is 0.110. The molecule has 0 aliphatic heterocycles. The van der Waals surface area contributed by atoms with E-state index in [4.69, 9.17) is 0 Å². The zero-order valence-corrected chi connectivity index (χ0v) is 13.7. The molecule has 0 saturated heterocycles. The molecule has 2 atom stereocenters. The summed E-state index contributed by atoms with van der Waals surface area (Å²) in [5.74, 6) is -1.17. The zero-order chi connectivity index (χ0) is 18.3. The molecule has 0 heterocycles. The topological polar surface area (TPSA) is 55.4 Å². The number of amides is 1. The van der Waals surface area contributed by atoms with E-state index in [-0.39, 0.29) is 5.92 Å². The number of nitrogens with one attached hydrogen (secondary N) is 1. The first-order chi connectivity index (χ1) is 11.2. The van der Waals surface area contributed by atoms with Crippen molar-refractivity contribution in [3.05, 3.63) is 41.5 Å². The van der Waals surface area contributed by atoms with Gasteiger partial charge in [0.15, 0.2) is 0 Å². The summed E-state index contributed by atoms with van der Waals surface area (Å²) >= 11 is 0. The lowest BCUT2D eigenvalue weighted by Crippen LogP contribution is -2.45. The standard InChI is InChI=1S/C17H20F3NO3/c1-4-11(2)15(16(23)24-3)21-14(22)10-7-12-5-8-13(9-6-12)17(18,19)20/h5-11,15H,4H2,1-3H3,(H,21,22)/b10-7+. The van der Waals surface area contributed by atoms with Crippen molar-refractivity contribution in [2.75, 3.05) is 7.11 Å². The number of carbonyl (C=O) groups is 2. The van der Waals surface area contributed by atoms with Crippen molar-refractivity contribution in [2.24, 2.45) is 5.92 Å². The van der Waals surface area contributed by atoms with E-state index in [1.807, 2.05) is 6.92 Å². The number of hydrogen-bond acceptors (Lipinski definition) is 3. The highest BCUT2D eigenvalue weighted by atomic mass is 19.4. The second kappa shape index (κ2) is 8.52. The lowest BCUT2D eigenvalue weighted by Gasteiger charge is -2.20. The molecule has 24 heavy (non-hydrogen) atoms. The minimum Gasteiger partial charge on any atom is -0.467 e. The van der Waals surface area contributed by atoms with Gasteiger partial charge in [-0.05, 0) is 29.7 Å². The Balaban J connectivity index is 2.75. The summed E-state index contributed by atoms with van der Waals surface area (Å²) in [5, 5.41) is 2.54. The molecule has 1 rings (SSSR count). The van der Waals surface area contributed by atoms with Crippen LogP contribution in [0.4, 0.5) is 13.2 Å². The molecular weight excluding hydrogens is 323 g/mol. The minimum atomic E-state index is -4.40. The number of halogens is 3. The van der Waals surface area contributed by atoms with E-state index in [2.05, 4.69) is 10.1 Å². The van der Waals surface area contributed by atoms with Crippen molar-refractivity contribution in [2.45, 2.75) is 32.5 Å². The van der Waals surface area contributed by atoms with Crippen molar-refractivity contribution in [3.63, 3.8) is 0 Å². The van der Waals surface area contributed by atoms with Crippen LogP contribution in [-0.4, -0.2) is 25.0 Å². The van der Waals surface area contributed by atoms with Gasteiger partial charge in [0, 0.05) is 6.08 Å². The Morgan fingerprint density at radius 1 is 1.25 bits per heavy atom. The first-order valence-electron chi connectivity index (χ1n) is 7.42. The first kappa shape index (κ1) is 19.7. The number of hydrogen-bond donors (Lipinski definition) is 1. The van der Waals surface area contributed by atoms with Gasteiger partial charge in [0.25, 0.3) is 0 Å². The van der Waals surface area contributed by atoms with Crippen molar-refractivity contribution in [1.29, 1.82) is 0 Å². The van der Waals surface area contributed by atoms with Crippen molar-refractivity contribution < 1.29 is 27.5 Å². The van der Waals surface area contributed by atoms with E-state index in [9.17, 15) is 22.8 Å². The van der Waals surface area contributed by atoms with Crippen LogP contribution in [0, 0.1) is 5.92 Å². The van der Waals surface area contributed by atoms with Gasteiger partial charge >= 0.3 is 12.1 Å². The van der Waals surface area contributed by atoms with Gasteiger partial charge in [-0.3, -0.25) is 4.79 Å². The van der Waals surface area contributed by atoms with E-state index in [0.29, 0.717) is 12.0 Å². The lowest BCUT2D eigenvalue weighted by atomic mass is 9.99. The third-order valence-corrected chi connectivity index (χ3v) is 3.63. The number of rotatable bonds is 6. The Morgan fingerprint density at radius 2 is 1.83 bits per heavy atom. The van der Waals surface area contributed by atoms with Crippen molar-refractivity contribution in [3.8, 4) is 0 Å². The normalized spacial score (nSPS) is 14.2. The number of benzene rings is 1. The van der Waals surface area contributed by atoms with Crippen molar-refractivity contribution in [1.82, 2.24) is 5.32 Å². The first-order valence-corrected chi connectivity index (χ1v) is 7.42. The highest BCUT2D eigenvalue weighted by molar-refractivity contribution is 5.94. The van der Waals surface area contributed by atoms with Gasteiger partial charge in [0.05, 0.1) is 12.7 Å². The number of carbonyl (C=O) groups excluding carboxylic acids is 2. The molecule has 4 nitrogen and oxygen atoms in total. The molecule has 0 aliphatic rings. The van der Waals surface area contributed by atoms with E-state index in [1.165, 1.54) is 31.4 Å². The van der Waals surface area contributed by atoms with Crippen LogP contribution in [-0.2, 0) is 20.5 Å². The molecule has 2 unspecified atom stereocenters. The quantitative estimate of drug-likeness (QED) is 0.636. The number of esters is 1. The lowest BCUT2D eigenvalue weighted by molar-refractivity contribution is -0.146. The van der Waals surface area contributed by atoms with Crippen LogP contribution in [0.25, 0.3) is 6.08 Å². The van der Waals surface area contributed by atoms with Gasteiger partial charge in [-0.2, -0.15) is 13.2 Å². The summed E-state index contributed by atoms with van der Waals surface area (Å²) in [6, 6.07) is 3.63. The Bertz CT molecular complexity index is 594. The molecule has 1 N–H and O–H groups in total. The fourth-order valence-corrected chi connectivity index (χ4v) is 1.95. The molecule has 1 aromatic rings. The number of alkyl halides is 3. The molecule has 1 aromatic carbocycles. The summed E-state index contributed by atoms with van der Waals surface area (Å²) in [5.41, 5.74) is -0.317. The van der Waals surface area contributed by atoms with Crippen LogP contribution in [0.1, 0.15) is 31.4 Å². The van der Waals surface area contributed by atoms with Gasteiger partial charge in [0.1, 0.15) is 6.04 Å². The van der Waals surface area contributed by atoms with Crippen LogP contribution in [0.3, 0.4) is 0 Å². The summed E-state index contributed by atoms with van der Waals surface area (Å²) in [7, 11) is 1.24. The highest BCUT2D eigenvalue weighted by Crippen LogP contribution is 2.29. The maximum Gasteiger partial charge on any atom is 0.416 e. The Hall–Kier alpha value is -2.31. The molecule has 0 saturated carbocycles. The predicted octanol–water partition coefficient (Wildman–Crippen LogP) is 3.42. The molecule has 0 bridgehead atoms. The molecule has 1 amide bonds. The molecule has 0 radical (unpaired) electrons. The van der Waals surface area contributed by atoms with Gasteiger partial charge < -0.3 is 10.1 Å². The highest BCUT2D eigenvalue weighted by Gasteiger charge is 2.30. The maximum atomic E-state index is 12.5. The van der Waals surface area contributed by atoms with Gasteiger partial charge in [-0.25, -0.2) is 4.79 Å². The number of ether oxygens (including phenoxy) is 1. The molecule has 0 aromatic heterocycles. The van der Waals surface area contributed by atoms with Gasteiger partial charge in [-0.15, -0.1) is 0 Å². The zero-order valence-electron chi connectivity index (χ0n) is 13.7. The third-order valence-electron chi connectivity index (χ3n) is 3.63. The fraction of sp³-hybridized carbons (Fsp3) is 0.412. The maximum absolute atomic E-state index is 12.5. The summed E-state index contributed by atoms with van der Waals surface area (Å²) in [6.45, 7) is 3.69. The third kappa shape index (κ3) is 5.72. The molecule has 7 heteroatoms. The largest absolute Gasteiger partial charge is 0.467 e. The van der Waals surface area contributed by atoms with Crippen LogP contribution < -0.4 is 5.32 Å². The Morgan fingerprint density at radius 3 is 2.29 bits per heavy atom. The van der Waals surface area contributed by atoms with Crippen molar-refractivity contribution >= 4 is 18.0 Å². The fourth-order valence-electron chi connectivity index (χ4n) is 1.95. The average molecular weight is 343 g/mol. The van der Waals surface area contributed by atoms with Crippen LogP contribution in [0.2, 0.25) is 0 Å². The second-order valence-electron chi connectivity index (χ2n) is 5.35. The van der Waals surface area contributed by atoms with E-state index in [1.54, 1.807) is 6.92 Å². The molecular formula is C17H20F3NO3. The Labute approximate surface area is 138 Å². The monoisotopic (exact) mass is 343 g/mol. The SMILES string of the molecule is CCC(C)C(NC(=O)/C=C/c1ccc(C(F)(F)F)cc1)C(=O)OC. The molecule has 0 spiro atoms. The molecule has 132 valence electrons. The smallest absolute Gasteiger partial charge is 0.416 e. The van der Waals surface area contributed by atoms with Crippen LogP contribution in [0.5, 0.6) is 0 Å². The molecule has 0 fully saturated rings. The molecule has 0 aliphatic carbocycles. The van der Waals surface area contributed by atoms with Gasteiger partial charge in [0.2, 0.25) is 5.91 Å². The van der Waals surface area contributed by atoms with Crippen LogP contribution in [0.15, 0.2) is 30.3 Å². The van der Waals surface area contributed by atoms with Crippen LogP contribution >= 0.6 is 0 Å². The Kier molecular flexibility index (Phi) is 7.00. The number of methoxy groups -OCH3 is 1. The second-order valence-corrected chi connectivity index (χ2v) is 5.35. The summed E-state index contributed by atoms with van der Waals surface area (Å²) in [4.78, 5) is 23.6. The van der Waals surface area contributed by atoms with E-state index >= 15 is 0 Å².